The lowest BCUT2D eigenvalue weighted by Crippen LogP contribution is -2.33. The molecule has 1 aliphatic rings. The maximum Gasteiger partial charge on any atom is 0.134 e. The van der Waals surface area contributed by atoms with E-state index in [9.17, 15) is 0 Å². The van der Waals surface area contributed by atoms with Crippen molar-refractivity contribution < 1.29 is 9.15 Å². The fraction of sp³-hybridized carbons (Fsp3) is 0.467. The molecule has 18 heavy (non-hydrogen) atoms. The van der Waals surface area contributed by atoms with Crippen LogP contribution in [0.2, 0.25) is 0 Å². The zero-order valence-corrected chi connectivity index (χ0v) is 10.7. The van der Waals surface area contributed by atoms with Crippen molar-refractivity contribution in [1.29, 1.82) is 0 Å². The molecule has 2 aromatic rings. The molecule has 3 heteroatoms. The van der Waals surface area contributed by atoms with Gasteiger partial charge < -0.3 is 14.5 Å². The minimum atomic E-state index is 0.151. The van der Waals surface area contributed by atoms with Crippen molar-refractivity contribution in [2.24, 2.45) is 0 Å². The monoisotopic (exact) mass is 245 g/mol. The summed E-state index contributed by atoms with van der Waals surface area (Å²) in [5, 5.41) is 4.49. The Hall–Kier alpha value is -1.32. The van der Waals surface area contributed by atoms with Gasteiger partial charge in [0.05, 0.1) is 12.1 Å². The van der Waals surface area contributed by atoms with Gasteiger partial charge in [0.1, 0.15) is 11.3 Å². The number of para-hydroxylation sites is 1. The standard InChI is InChI=1S/C15H19NO2/c1-16-15(13-8-4-5-9-17-13)14-10-11-6-2-3-7-12(11)18-14/h2-3,6-7,10,13,15-16H,4-5,8-9H2,1H3. The summed E-state index contributed by atoms with van der Waals surface area (Å²) < 4.78 is 11.8. The van der Waals surface area contributed by atoms with Crippen LogP contribution < -0.4 is 5.32 Å². The molecule has 2 unspecified atom stereocenters. The maximum absolute atomic E-state index is 5.93. The highest BCUT2D eigenvalue weighted by Crippen LogP contribution is 2.30. The Morgan fingerprint density at radius 1 is 1.28 bits per heavy atom. The van der Waals surface area contributed by atoms with Crippen LogP contribution in [0.4, 0.5) is 0 Å². The number of furan rings is 1. The molecule has 0 spiro atoms. The summed E-state index contributed by atoms with van der Waals surface area (Å²) in [6, 6.07) is 10.4. The van der Waals surface area contributed by atoms with Crippen LogP contribution in [-0.4, -0.2) is 19.8 Å². The first-order valence-corrected chi connectivity index (χ1v) is 6.66. The summed E-state index contributed by atoms with van der Waals surface area (Å²) in [4.78, 5) is 0. The Balaban J connectivity index is 1.90. The highest BCUT2D eigenvalue weighted by Gasteiger charge is 2.27. The maximum atomic E-state index is 5.93. The fourth-order valence-corrected chi connectivity index (χ4v) is 2.70. The van der Waals surface area contributed by atoms with Crippen LogP contribution in [-0.2, 0) is 4.74 Å². The lowest BCUT2D eigenvalue weighted by molar-refractivity contribution is -0.0106. The topological polar surface area (TPSA) is 34.4 Å². The molecule has 1 fully saturated rings. The lowest BCUT2D eigenvalue weighted by atomic mass is 10.00. The van der Waals surface area contributed by atoms with Gasteiger partial charge in [0.15, 0.2) is 0 Å². The Labute approximate surface area is 107 Å². The Kier molecular flexibility index (Phi) is 3.35. The van der Waals surface area contributed by atoms with Crippen molar-refractivity contribution in [2.75, 3.05) is 13.7 Å². The summed E-state index contributed by atoms with van der Waals surface area (Å²) in [6.07, 6.45) is 3.74. The molecule has 2 heterocycles. The second kappa shape index (κ2) is 5.12. The first kappa shape index (κ1) is 11.8. The van der Waals surface area contributed by atoms with Gasteiger partial charge in [-0.15, -0.1) is 0 Å². The van der Waals surface area contributed by atoms with Crippen molar-refractivity contribution in [1.82, 2.24) is 5.32 Å². The quantitative estimate of drug-likeness (QED) is 0.901. The number of rotatable bonds is 3. The average molecular weight is 245 g/mol. The molecule has 3 nitrogen and oxygen atoms in total. The minimum Gasteiger partial charge on any atom is -0.459 e. The molecule has 0 aliphatic carbocycles. The summed E-state index contributed by atoms with van der Waals surface area (Å²) in [5.41, 5.74) is 0.948. The zero-order chi connectivity index (χ0) is 12.4. The third kappa shape index (κ3) is 2.16. The second-order valence-corrected chi connectivity index (χ2v) is 4.86. The second-order valence-electron chi connectivity index (χ2n) is 4.86. The molecule has 1 aliphatic heterocycles. The average Bonchev–Trinajstić information content (AvgIpc) is 2.84. The molecule has 1 saturated heterocycles. The molecule has 0 amide bonds. The number of ether oxygens (including phenoxy) is 1. The Morgan fingerprint density at radius 2 is 2.17 bits per heavy atom. The van der Waals surface area contributed by atoms with Crippen LogP contribution in [0, 0.1) is 0 Å². The van der Waals surface area contributed by atoms with Gasteiger partial charge >= 0.3 is 0 Å². The van der Waals surface area contributed by atoms with Gasteiger partial charge in [0, 0.05) is 12.0 Å². The number of benzene rings is 1. The van der Waals surface area contributed by atoms with Gasteiger partial charge in [-0.05, 0) is 38.4 Å². The largest absolute Gasteiger partial charge is 0.459 e. The van der Waals surface area contributed by atoms with E-state index in [2.05, 4.69) is 17.4 Å². The van der Waals surface area contributed by atoms with Crippen LogP contribution >= 0.6 is 0 Å². The molecule has 1 aromatic carbocycles. The number of hydrogen-bond donors (Lipinski definition) is 1. The summed E-state index contributed by atoms with van der Waals surface area (Å²) in [7, 11) is 1.97. The van der Waals surface area contributed by atoms with E-state index in [1.807, 2.05) is 25.2 Å². The molecule has 1 N–H and O–H groups in total. The van der Waals surface area contributed by atoms with Gasteiger partial charge in [-0.2, -0.15) is 0 Å². The first-order valence-electron chi connectivity index (χ1n) is 6.66. The minimum absolute atomic E-state index is 0.151. The smallest absolute Gasteiger partial charge is 0.134 e. The van der Waals surface area contributed by atoms with Crippen molar-refractivity contribution in [3.8, 4) is 0 Å². The van der Waals surface area contributed by atoms with Gasteiger partial charge in [0.25, 0.3) is 0 Å². The summed E-state index contributed by atoms with van der Waals surface area (Å²) >= 11 is 0. The van der Waals surface area contributed by atoms with Crippen molar-refractivity contribution in [3.63, 3.8) is 0 Å². The normalized spacial score (nSPS) is 22.2. The van der Waals surface area contributed by atoms with Gasteiger partial charge in [0.2, 0.25) is 0 Å². The summed E-state index contributed by atoms with van der Waals surface area (Å²) in [5.74, 6) is 0.977. The highest BCUT2D eigenvalue weighted by atomic mass is 16.5. The van der Waals surface area contributed by atoms with E-state index in [0.717, 1.165) is 29.8 Å². The zero-order valence-electron chi connectivity index (χ0n) is 10.7. The molecule has 96 valence electrons. The molecular weight excluding hydrogens is 226 g/mol. The Morgan fingerprint density at radius 3 is 2.89 bits per heavy atom. The molecule has 2 atom stereocenters. The van der Waals surface area contributed by atoms with Gasteiger partial charge in [-0.25, -0.2) is 0 Å². The molecule has 0 radical (unpaired) electrons. The predicted molar refractivity (Wildman–Crippen MR) is 71.6 cm³/mol. The van der Waals surface area contributed by atoms with Crippen molar-refractivity contribution in [2.45, 2.75) is 31.4 Å². The van der Waals surface area contributed by atoms with E-state index in [4.69, 9.17) is 9.15 Å². The molecule has 1 aromatic heterocycles. The van der Waals surface area contributed by atoms with Crippen LogP contribution in [0.5, 0.6) is 0 Å². The molecular formula is C15H19NO2. The summed E-state index contributed by atoms with van der Waals surface area (Å²) in [6.45, 7) is 0.864. The van der Waals surface area contributed by atoms with Crippen molar-refractivity contribution >= 4 is 11.0 Å². The van der Waals surface area contributed by atoms with E-state index < -0.39 is 0 Å². The van der Waals surface area contributed by atoms with E-state index >= 15 is 0 Å². The first-order chi connectivity index (χ1) is 8.88. The molecule has 3 rings (SSSR count). The van der Waals surface area contributed by atoms with Crippen LogP contribution in [0.25, 0.3) is 11.0 Å². The van der Waals surface area contributed by atoms with E-state index in [1.165, 1.54) is 12.8 Å². The third-order valence-electron chi connectivity index (χ3n) is 3.65. The third-order valence-corrected chi connectivity index (χ3v) is 3.65. The van der Waals surface area contributed by atoms with E-state index in [1.54, 1.807) is 0 Å². The van der Waals surface area contributed by atoms with E-state index in [0.29, 0.717) is 0 Å². The lowest BCUT2D eigenvalue weighted by Gasteiger charge is -2.28. The van der Waals surface area contributed by atoms with Crippen LogP contribution in [0.15, 0.2) is 34.7 Å². The molecule has 0 saturated carbocycles. The number of likely N-dealkylation sites (N-methyl/N-ethyl adjacent to an activating group) is 1. The Bertz CT molecular complexity index is 481. The SMILES string of the molecule is CNC(c1cc2ccccc2o1)C1CCCCO1. The predicted octanol–water partition coefficient (Wildman–Crippen LogP) is 3.26. The van der Waals surface area contributed by atoms with Crippen LogP contribution in [0.3, 0.4) is 0 Å². The number of fused-ring (bicyclic) bond motifs is 1. The molecule has 0 bridgehead atoms. The van der Waals surface area contributed by atoms with Crippen LogP contribution in [0.1, 0.15) is 31.1 Å². The number of nitrogens with one attached hydrogen (secondary N) is 1. The van der Waals surface area contributed by atoms with Gasteiger partial charge in [-0.1, -0.05) is 18.2 Å². The van der Waals surface area contributed by atoms with E-state index in [-0.39, 0.29) is 12.1 Å². The van der Waals surface area contributed by atoms with Crippen molar-refractivity contribution in [3.05, 3.63) is 36.1 Å². The fourth-order valence-electron chi connectivity index (χ4n) is 2.70. The van der Waals surface area contributed by atoms with Gasteiger partial charge in [-0.3, -0.25) is 0 Å². The highest BCUT2D eigenvalue weighted by molar-refractivity contribution is 5.77. The number of hydrogen-bond acceptors (Lipinski definition) is 3.